The molecule has 4 aromatic carbocycles. The summed E-state index contributed by atoms with van der Waals surface area (Å²) in [5.41, 5.74) is 1.51. The first-order chi connectivity index (χ1) is 24.6. The van der Waals surface area contributed by atoms with Gasteiger partial charge in [0.15, 0.2) is 6.10 Å². The Morgan fingerprint density at radius 1 is 0.686 bits per heavy atom. The van der Waals surface area contributed by atoms with Crippen LogP contribution >= 0.6 is 0 Å². The third kappa shape index (κ3) is 11.0. The summed E-state index contributed by atoms with van der Waals surface area (Å²) in [5.74, 6) is -0.254. The van der Waals surface area contributed by atoms with Crippen molar-refractivity contribution in [2.45, 2.75) is 63.4 Å². The zero-order valence-corrected chi connectivity index (χ0v) is 30.1. The highest BCUT2D eigenvalue weighted by Crippen LogP contribution is 2.31. The first-order valence-electron chi connectivity index (χ1n) is 17.7. The van der Waals surface area contributed by atoms with Crippen molar-refractivity contribution in [3.63, 3.8) is 0 Å². The van der Waals surface area contributed by atoms with Crippen molar-refractivity contribution >= 4 is 5.91 Å². The molecule has 0 aromatic heterocycles. The summed E-state index contributed by atoms with van der Waals surface area (Å²) in [7, 11) is 4.31. The summed E-state index contributed by atoms with van der Waals surface area (Å²) in [4.78, 5) is 16.6. The highest BCUT2D eigenvalue weighted by molar-refractivity contribution is 5.82. The molecule has 0 radical (unpaired) electrons. The number of carbonyl (C=O) groups is 1. The summed E-state index contributed by atoms with van der Waals surface area (Å²) >= 11 is 0. The lowest BCUT2D eigenvalue weighted by atomic mass is 9.85. The van der Waals surface area contributed by atoms with Crippen molar-refractivity contribution in [2.75, 3.05) is 46.9 Å². The fourth-order valence-corrected chi connectivity index (χ4v) is 6.20. The molecule has 1 aliphatic heterocycles. The molecule has 1 fully saturated rings. The van der Waals surface area contributed by atoms with E-state index in [2.05, 4.69) is 14.1 Å². The Balaban J connectivity index is 1.55. The van der Waals surface area contributed by atoms with Gasteiger partial charge in [-0.3, -0.25) is 4.79 Å². The van der Waals surface area contributed by atoms with E-state index < -0.39 is 30.0 Å². The van der Waals surface area contributed by atoms with E-state index in [-0.39, 0.29) is 38.9 Å². The number of benzene rings is 4. The molecule has 4 aromatic rings. The number of hydrogen-bond donors (Lipinski definition) is 2. The number of rotatable bonds is 18. The normalized spacial score (nSPS) is 17.9. The Kier molecular flexibility index (Phi) is 13.9. The lowest BCUT2D eigenvalue weighted by Gasteiger charge is -2.45. The zero-order chi connectivity index (χ0) is 36.1. The van der Waals surface area contributed by atoms with Crippen molar-refractivity contribution in [2.24, 2.45) is 0 Å². The molecule has 5 rings (SSSR count). The van der Waals surface area contributed by atoms with Gasteiger partial charge in [-0.25, -0.2) is 0 Å². The number of aliphatic hydroxyl groups is 2. The molecular weight excluding hydrogens is 644 g/mol. The van der Waals surface area contributed by atoms with Crippen LogP contribution in [0.5, 0.6) is 0 Å². The molecule has 0 bridgehead atoms. The molecule has 0 aliphatic carbocycles. The van der Waals surface area contributed by atoms with E-state index in [1.54, 1.807) is 0 Å². The molecule has 9 heteroatoms. The second kappa shape index (κ2) is 18.5. The van der Waals surface area contributed by atoms with Crippen LogP contribution in [0.15, 0.2) is 121 Å². The first kappa shape index (κ1) is 38.3. The molecule has 2 N–H and O–H groups in total. The fraction of sp³-hybridized carbons (Fsp3) is 0.405. The Hall–Kier alpha value is -3.93. The number of piperazine rings is 1. The number of likely N-dealkylation sites (N-methyl/N-ethyl adjacent to an activating group) is 1. The Labute approximate surface area is 302 Å². The smallest absolute Gasteiger partial charge is 0.254 e. The lowest BCUT2D eigenvalue weighted by Crippen LogP contribution is -2.65. The average Bonchev–Trinajstić information content (AvgIpc) is 3.15. The van der Waals surface area contributed by atoms with Gasteiger partial charge in [-0.1, -0.05) is 121 Å². The summed E-state index contributed by atoms with van der Waals surface area (Å²) < 4.78 is 26.9. The number of nitrogens with zero attached hydrogens (tertiary/aromatic N) is 2. The topological polar surface area (TPSA) is 97.7 Å². The maximum Gasteiger partial charge on any atom is 0.254 e. The van der Waals surface area contributed by atoms with Crippen LogP contribution in [0.1, 0.15) is 29.2 Å². The van der Waals surface area contributed by atoms with Crippen LogP contribution in [-0.4, -0.2) is 102 Å². The molecule has 5 atom stereocenters. The van der Waals surface area contributed by atoms with Crippen LogP contribution in [0.3, 0.4) is 0 Å². The second-order valence-corrected chi connectivity index (χ2v) is 14.0. The Morgan fingerprint density at radius 3 is 1.55 bits per heavy atom. The van der Waals surface area contributed by atoms with Gasteiger partial charge >= 0.3 is 0 Å². The molecule has 272 valence electrons. The highest BCUT2D eigenvalue weighted by Gasteiger charge is 2.52. The second-order valence-electron chi connectivity index (χ2n) is 14.0. The van der Waals surface area contributed by atoms with Crippen LogP contribution in [0.4, 0.5) is 0 Å². The van der Waals surface area contributed by atoms with Gasteiger partial charge < -0.3 is 38.5 Å². The summed E-state index contributed by atoms with van der Waals surface area (Å²) in [5, 5.41) is 24.0. The van der Waals surface area contributed by atoms with Gasteiger partial charge in [0.25, 0.3) is 5.91 Å². The van der Waals surface area contributed by atoms with Crippen molar-refractivity contribution in [1.82, 2.24) is 4.90 Å². The highest BCUT2D eigenvalue weighted by atomic mass is 16.6. The van der Waals surface area contributed by atoms with E-state index in [4.69, 9.17) is 18.9 Å². The van der Waals surface area contributed by atoms with Crippen LogP contribution in [0, 0.1) is 0 Å². The van der Waals surface area contributed by atoms with E-state index in [1.807, 2.05) is 126 Å². The van der Waals surface area contributed by atoms with Crippen molar-refractivity contribution < 1.29 is 38.4 Å². The molecule has 5 unspecified atom stereocenters. The Morgan fingerprint density at radius 2 is 1.10 bits per heavy atom. The zero-order valence-electron chi connectivity index (χ0n) is 30.1. The molecule has 1 amide bonds. The molecule has 0 spiro atoms. The minimum Gasteiger partial charge on any atom is -0.390 e. The number of aliphatic hydroxyl groups excluding tert-OH is 1. The van der Waals surface area contributed by atoms with E-state index in [1.165, 1.54) is 6.92 Å². The van der Waals surface area contributed by atoms with Gasteiger partial charge in [-0.15, -0.1) is 0 Å². The maximum absolute atomic E-state index is 14.7. The van der Waals surface area contributed by atoms with Gasteiger partial charge in [-0.2, -0.15) is 0 Å². The standard InChI is InChI=1S/C42H53N2O7/c1-33(45)42(47,32-48-28-34-16-8-4-9-17-34)40(51-31-37-22-14-7-15-23-37)38(49-29-35-18-10-5-11-19-35)39(50-30-36-20-12-6-13-21-36)41(46)43-24-26-44(2,3)27-25-43/h4-23,33,38-40,45,47H,24-32H2,1-3H3/q+1. The van der Waals surface area contributed by atoms with Gasteiger partial charge in [0.05, 0.1) is 79.4 Å². The number of amides is 1. The van der Waals surface area contributed by atoms with Crippen molar-refractivity contribution in [3.05, 3.63) is 144 Å². The minimum atomic E-state index is -2.01. The van der Waals surface area contributed by atoms with Gasteiger partial charge in [0.2, 0.25) is 0 Å². The lowest BCUT2D eigenvalue weighted by molar-refractivity contribution is -0.894. The number of carbonyl (C=O) groups excluding carboxylic acids is 1. The summed E-state index contributed by atoms with van der Waals surface area (Å²) in [6.07, 6.45) is -4.95. The van der Waals surface area contributed by atoms with Crippen LogP contribution in [0.2, 0.25) is 0 Å². The minimum absolute atomic E-state index is 0.0827. The predicted molar refractivity (Wildman–Crippen MR) is 196 cm³/mol. The van der Waals surface area contributed by atoms with E-state index >= 15 is 0 Å². The van der Waals surface area contributed by atoms with Crippen molar-refractivity contribution in [3.8, 4) is 0 Å². The van der Waals surface area contributed by atoms with Gasteiger partial charge in [0, 0.05) is 0 Å². The molecule has 1 aliphatic rings. The summed E-state index contributed by atoms with van der Waals surface area (Å²) in [6.45, 7) is 4.38. The molecule has 9 nitrogen and oxygen atoms in total. The number of hydrogen-bond acceptors (Lipinski definition) is 7. The van der Waals surface area contributed by atoms with Crippen LogP contribution < -0.4 is 0 Å². The van der Waals surface area contributed by atoms with Gasteiger partial charge in [-0.05, 0) is 29.2 Å². The van der Waals surface area contributed by atoms with E-state index in [9.17, 15) is 15.0 Å². The SMILES string of the molecule is CC(O)C(O)(COCc1ccccc1)C(OCc1ccccc1)C(OCc1ccccc1)C(OCc1ccccc1)C(=O)N1CC[N+](C)(C)CC1. The van der Waals surface area contributed by atoms with Crippen molar-refractivity contribution in [1.29, 1.82) is 0 Å². The van der Waals surface area contributed by atoms with E-state index in [0.29, 0.717) is 13.1 Å². The van der Waals surface area contributed by atoms with Crippen LogP contribution in [0.25, 0.3) is 0 Å². The third-order valence-electron chi connectivity index (χ3n) is 9.59. The quantitative estimate of drug-likeness (QED) is 0.142. The monoisotopic (exact) mass is 697 g/mol. The largest absolute Gasteiger partial charge is 0.390 e. The molecular formula is C42H53N2O7+. The molecule has 51 heavy (non-hydrogen) atoms. The van der Waals surface area contributed by atoms with Crippen LogP contribution in [-0.2, 0) is 50.2 Å². The average molecular weight is 698 g/mol. The molecule has 1 saturated heterocycles. The molecule has 1 heterocycles. The predicted octanol–water partition coefficient (Wildman–Crippen LogP) is 4.99. The number of quaternary nitrogens is 1. The maximum atomic E-state index is 14.7. The fourth-order valence-electron chi connectivity index (χ4n) is 6.20. The number of ether oxygens (including phenoxy) is 4. The summed E-state index contributed by atoms with van der Waals surface area (Å²) in [6, 6.07) is 38.5. The van der Waals surface area contributed by atoms with E-state index in [0.717, 1.165) is 39.8 Å². The molecule has 0 saturated carbocycles. The first-order valence-corrected chi connectivity index (χ1v) is 17.7. The Bertz CT molecular complexity index is 1580. The van der Waals surface area contributed by atoms with Gasteiger partial charge in [0.1, 0.15) is 17.8 Å². The third-order valence-corrected chi connectivity index (χ3v) is 9.59.